The summed E-state index contributed by atoms with van der Waals surface area (Å²) >= 11 is 0. The molecule has 3 N–H and O–H groups in total. The highest BCUT2D eigenvalue weighted by Gasteiger charge is 2.31. The van der Waals surface area contributed by atoms with Crippen LogP contribution in [0.3, 0.4) is 0 Å². The van der Waals surface area contributed by atoms with Crippen LogP contribution in [-0.2, 0) is 0 Å². The second kappa shape index (κ2) is 5.72. The zero-order valence-corrected chi connectivity index (χ0v) is 9.81. The van der Waals surface area contributed by atoms with Crippen molar-refractivity contribution < 1.29 is 0 Å². The Morgan fingerprint density at radius 3 is 2.50 bits per heavy atom. The molecule has 0 aromatic rings. The summed E-state index contributed by atoms with van der Waals surface area (Å²) in [4.78, 5) is 0. The molecule has 2 nitrogen and oxygen atoms in total. The molecule has 84 valence electrons. The van der Waals surface area contributed by atoms with Crippen molar-refractivity contribution in [3.05, 3.63) is 0 Å². The van der Waals surface area contributed by atoms with Gasteiger partial charge in [-0.15, -0.1) is 0 Å². The van der Waals surface area contributed by atoms with Gasteiger partial charge in [-0.1, -0.05) is 26.7 Å². The average molecular weight is 198 g/mol. The normalized spacial score (nSPS) is 22.5. The van der Waals surface area contributed by atoms with Crippen molar-refractivity contribution in [2.45, 2.75) is 46.0 Å². The maximum Gasteiger partial charge on any atom is 0.000783 e. The second-order valence-electron chi connectivity index (χ2n) is 5.03. The van der Waals surface area contributed by atoms with Gasteiger partial charge in [0, 0.05) is 6.54 Å². The Morgan fingerprint density at radius 2 is 2.00 bits per heavy atom. The van der Waals surface area contributed by atoms with Crippen LogP contribution in [0.25, 0.3) is 0 Å². The van der Waals surface area contributed by atoms with E-state index in [1.807, 2.05) is 0 Å². The van der Waals surface area contributed by atoms with Gasteiger partial charge in [0.25, 0.3) is 0 Å². The van der Waals surface area contributed by atoms with E-state index in [9.17, 15) is 0 Å². The minimum absolute atomic E-state index is 0.616. The fourth-order valence-corrected chi connectivity index (χ4v) is 2.45. The van der Waals surface area contributed by atoms with Crippen molar-refractivity contribution >= 4 is 0 Å². The highest BCUT2D eigenvalue weighted by Crippen LogP contribution is 2.40. The van der Waals surface area contributed by atoms with Crippen molar-refractivity contribution in [3.63, 3.8) is 0 Å². The van der Waals surface area contributed by atoms with E-state index in [1.54, 1.807) is 0 Å². The van der Waals surface area contributed by atoms with Crippen LogP contribution >= 0.6 is 0 Å². The molecule has 14 heavy (non-hydrogen) atoms. The van der Waals surface area contributed by atoms with Crippen molar-refractivity contribution in [3.8, 4) is 0 Å². The zero-order chi connectivity index (χ0) is 10.4. The number of nitrogens with two attached hydrogens (primary N) is 1. The molecule has 0 saturated heterocycles. The largest absolute Gasteiger partial charge is 0.330 e. The lowest BCUT2D eigenvalue weighted by Crippen LogP contribution is -2.35. The van der Waals surface area contributed by atoms with Gasteiger partial charge in [0.2, 0.25) is 0 Å². The Labute approximate surface area is 88.6 Å². The minimum atomic E-state index is 0.616. The monoisotopic (exact) mass is 198 g/mol. The predicted molar refractivity (Wildman–Crippen MR) is 62.3 cm³/mol. The molecule has 1 aliphatic carbocycles. The Kier molecular flexibility index (Phi) is 4.90. The van der Waals surface area contributed by atoms with Crippen molar-refractivity contribution in [2.24, 2.45) is 17.1 Å². The van der Waals surface area contributed by atoms with Crippen LogP contribution in [0.5, 0.6) is 0 Å². The second-order valence-corrected chi connectivity index (χ2v) is 5.03. The van der Waals surface area contributed by atoms with Gasteiger partial charge in [-0.2, -0.15) is 0 Å². The Morgan fingerprint density at radius 1 is 1.36 bits per heavy atom. The average Bonchev–Trinajstić information content (AvgIpc) is 2.67. The molecule has 2 heteroatoms. The first kappa shape index (κ1) is 12.0. The van der Waals surface area contributed by atoms with Gasteiger partial charge in [-0.25, -0.2) is 0 Å². The highest BCUT2D eigenvalue weighted by atomic mass is 14.9. The molecule has 1 fully saturated rings. The molecule has 0 aromatic heterocycles. The van der Waals surface area contributed by atoms with E-state index in [0.717, 1.165) is 13.1 Å². The zero-order valence-electron chi connectivity index (χ0n) is 9.81. The lowest BCUT2D eigenvalue weighted by atomic mass is 9.83. The van der Waals surface area contributed by atoms with Crippen LogP contribution in [0, 0.1) is 11.3 Å². The van der Waals surface area contributed by atoms with Crippen LogP contribution < -0.4 is 11.1 Å². The van der Waals surface area contributed by atoms with Gasteiger partial charge in [-0.3, -0.25) is 0 Å². The van der Waals surface area contributed by atoms with Crippen molar-refractivity contribution in [1.29, 1.82) is 0 Å². The van der Waals surface area contributed by atoms with Crippen LogP contribution in [0.15, 0.2) is 0 Å². The number of hydrogen-bond acceptors (Lipinski definition) is 2. The van der Waals surface area contributed by atoms with E-state index in [2.05, 4.69) is 19.2 Å². The molecule has 1 atom stereocenters. The third kappa shape index (κ3) is 3.25. The molecule has 1 saturated carbocycles. The van der Waals surface area contributed by atoms with Crippen molar-refractivity contribution in [2.75, 3.05) is 19.6 Å². The van der Waals surface area contributed by atoms with Gasteiger partial charge in [0.05, 0.1) is 0 Å². The fourth-order valence-electron chi connectivity index (χ4n) is 2.45. The summed E-state index contributed by atoms with van der Waals surface area (Å²) in [5.41, 5.74) is 6.21. The SMILES string of the molecule is CCC1(CNCC(C)CN)CCCC1. The molecule has 0 spiro atoms. The van der Waals surface area contributed by atoms with E-state index in [0.29, 0.717) is 11.3 Å². The molecular weight excluding hydrogens is 172 g/mol. The first-order chi connectivity index (χ1) is 6.72. The van der Waals surface area contributed by atoms with Gasteiger partial charge < -0.3 is 11.1 Å². The van der Waals surface area contributed by atoms with Crippen LogP contribution in [0.1, 0.15) is 46.0 Å². The first-order valence-corrected chi connectivity index (χ1v) is 6.13. The van der Waals surface area contributed by atoms with Crippen molar-refractivity contribution in [1.82, 2.24) is 5.32 Å². The van der Waals surface area contributed by atoms with E-state index in [-0.39, 0.29) is 0 Å². The molecular formula is C12H26N2. The molecule has 0 amide bonds. The summed E-state index contributed by atoms with van der Waals surface area (Å²) in [5.74, 6) is 0.616. The lowest BCUT2D eigenvalue weighted by Gasteiger charge is -2.28. The molecule has 1 unspecified atom stereocenters. The third-order valence-electron chi connectivity index (χ3n) is 3.81. The third-order valence-corrected chi connectivity index (χ3v) is 3.81. The van der Waals surface area contributed by atoms with Crippen LogP contribution in [0.4, 0.5) is 0 Å². The molecule has 0 radical (unpaired) electrons. The maximum absolute atomic E-state index is 5.59. The highest BCUT2D eigenvalue weighted by molar-refractivity contribution is 4.85. The van der Waals surface area contributed by atoms with Gasteiger partial charge in [0.15, 0.2) is 0 Å². The Balaban J connectivity index is 2.21. The fraction of sp³-hybridized carbons (Fsp3) is 1.00. The summed E-state index contributed by atoms with van der Waals surface area (Å²) in [7, 11) is 0. The predicted octanol–water partition coefficient (Wildman–Crippen LogP) is 2.14. The lowest BCUT2D eigenvalue weighted by molar-refractivity contribution is 0.264. The van der Waals surface area contributed by atoms with Crippen LogP contribution in [0.2, 0.25) is 0 Å². The number of nitrogens with one attached hydrogen (secondary N) is 1. The van der Waals surface area contributed by atoms with E-state index in [1.165, 1.54) is 38.6 Å². The molecule has 0 bridgehead atoms. The van der Waals surface area contributed by atoms with Gasteiger partial charge in [0.1, 0.15) is 0 Å². The van der Waals surface area contributed by atoms with E-state index in [4.69, 9.17) is 5.73 Å². The maximum atomic E-state index is 5.59. The summed E-state index contributed by atoms with van der Waals surface area (Å²) in [5, 5.41) is 3.59. The smallest absolute Gasteiger partial charge is 0.000783 e. The summed E-state index contributed by atoms with van der Waals surface area (Å²) in [6.45, 7) is 7.62. The summed E-state index contributed by atoms with van der Waals surface area (Å²) in [6.07, 6.45) is 7.04. The first-order valence-electron chi connectivity index (χ1n) is 6.13. The molecule has 1 rings (SSSR count). The van der Waals surface area contributed by atoms with Crippen LogP contribution in [-0.4, -0.2) is 19.6 Å². The molecule has 1 aliphatic rings. The molecule has 0 heterocycles. The number of rotatable bonds is 6. The molecule has 0 aromatic carbocycles. The topological polar surface area (TPSA) is 38.0 Å². The summed E-state index contributed by atoms with van der Waals surface area (Å²) < 4.78 is 0. The van der Waals surface area contributed by atoms with E-state index < -0.39 is 0 Å². The van der Waals surface area contributed by atoms with E-state index >= 15 is 0 Å². The molecule has 0 aliphatic heterocycles. The van der Waals surface area contributed by atoms with Gasteiger partial charge in [-0.05, 0) is 43.7 Å². The standard InChI is InChI=1S/C12H26N2/c1-3-12(6-4-5-7-12)10-14-9-11(2)8-13/h11,14H,3-10,13H2,1-2H3. The quantitative estimate of drug-likeness (QED) is 0.686. The van der Waals surface area contributed by atoms with Gasteiger partial charge >= 0.3 is 0 Å². The Bertz CT molecular complexity index is 150. The Hall–Kier alpha value is -0.0800. The summed E-state index contributed by atoms with van der Waals surface area (Å²) in [6, 6.07) is 0. The number of hydrogen-bond donors (Lipinski definition) is 2. The minimum Gasteiger partial charge on any atom is -0.330 e.